The Morgan fingerprint density at radius 2 is 1.48 bits per heavy atom. The number of carboxylic acid groups (broad SMARTS) is 1. The summed E-state index contributed by atoms with van der Waals surface area (Å²) in [6.07, 6.45) is 6.02. The maximum atomic E-state index is 11.7. The smallest absolute Gasteiger partial charge is 0.306 e. The van der Waals surface area contributed by atoms with E-state index in [2.05, 4.69) is 0 Å². The standard InChI is InChI=1S/C16H30O5/c1-13(17)12-16(2,3)21-15(20)11-9-7-5-4-6-8-10-14(18)19/h13,17H,4-12H2,1-3H3,(H,18,19). The topological polar surface area (TPSA) is 83.8 Å². The molecule has 0 rings (SSSR count). The Balaban J connectivity index is 3.56. The molecule has 0 amide bonds. The number of carboxylic acids is 1. The Bertz CT molecular complexity index is 310. The molecule has 21 heavy (non-hydrogen) atoms. The molecule has 1 atom stereocenters. The maximum absolute atomic E-state index is 11.7. The van der Waals surface area contributed by atoms with Crippen LogP contribution in [0.1, 0.15) is 78.6 Å². The van der Waals surface area contributed by atoms with Crippen LogP contribution in [0.15, 0.2) is 0 Å². The Morgan fingerprint density at radius 1 is 1.00 bits per heavy atom. The number of hydrogen-bond acceptors (Lipinski definition) is 4. The van der Waals surface area contributed by atoms with Gasteiger partial charge in [0.15, 0.2) is 0 Å². The molecule has 0 radical (unpaired) electrons. The maximum Gasteiger partial charge on any atom is 0.306 e. The highest BCUT2D eigenvalue weighted by Crippen LogP contribution is 2.18. The molecule has 0 saturated heterocycles. The van der Waals surface area contributed by atoms with Crippen LogP contribution in [0.3, 0.4) is 0 Å². The van der Waals surface area contributed by atoms with Crippen molar-refractivity contribution in [1.29, 1.82) is 0 Å². The van der Waals surface area contributed by atoms with E-state index in [9.17, 15) is 14.7 Å². The third-order valence-corrected chi connectivity index (χ3v) is 3.20. The second kappa shape index (κ2) is 10.6. The van der Waals surface area contributed by atoms with Gasteiger partial charge in [0, 0.05) is 19.3 Å². The minimum Gasteiger partial charge on any atom is -0.481 e. The van der Waals surface area contributed by atoms with Gasteiger partial charge in [0.25, 0.3) is 0 Å². The van der Waals surface area contributed by atoms with Crippen molar-refractivity contribution in [2.24, 2.45) is 0 Å². The molecule has 1 unspecified atom stereocenters. The van der Waals surface area contributed by atoms with Gasteiger partial charge in [-0.1, -0.05) is 25.7 Å². The van der Waals surface area contributed by atoms with Gasteiger partial charge >= 0.3 is 11.9 Å². The highest BCUT2D eigenvalue weighted by atomic mass is 16.6. The zero-order valence-electron chi connectivity index (χ0n) is 13.6. The molecule has 124 valence electrons. The van der Waals surface area contributed by atoms with E-state index >= 15 is 0 Å². The van der Waals surface area contributed by atoms with E-state index in [1.54, 1.807) is 20.8 Å². The fourth-order valence-corrected chi connectivity index (χ4v) is 2.36. The minimum atomic E-state index is -0.738. The lowest BCUT2D eigenvalue weighted by Crippen LogP contribution is -2.31. The molecule has 0 fully saturated rings. The van der Waals surface area contributed by atoms with Crippen LogP contribution in [0.25, 0.3) is 0 Å². The number of rotatable bonds is 12. The van der Waals surface area contributed by atoms with Crippen LogP contribution >= 0.6 is 0 Å². The molecule has 5 heteroatoms. The molecular formula is C16H30O5. The van der Waals surface area contributed by atoms with Crippen LogP contribution in [0, 0.1) is 0 Å². The van der Waals surface area contributed by atoms with Crippen molar-refractivity contribution >= 4 is 11.9 Å². The van der Waals surface area contributed by atoms with Gasteiger partial charge in [0.1, 0.15) is 5.60 Å². The summed E-state index contributed by atoms with van der Waals surface area (Å²) in [5, 5.41) is 17.8. The second-order valence-corrected chi connectivity index (χ2v) is 6.30. The average molecular weight is 302 g/mol. The first-order valence-electron chi connectivity index (χ1n) is 7.84. The molecule has 0 aliphatic carbocycles. The molecule has 0 aromatic rings. The van der Waals surface area contributed by atoms with Crippen molar-refractivity contribution < 1.29 is 24.5 Å². The third kappa shape index (κ3) is 13.6. The van der Waals surface area contributed by atoms with Gasteiger partial charge in [-0.05, 0) is 33.6 Å². The van der Waals surface area contributed by atoms with Crippen molar-refractivity contribution in [2.45, 2.75) is 90.3 Å². The van der Waals surface area contributed by atoms with Crippen molar-refractivity contribution in [1.82, 2.24) is 0 Å². The van der Waals surface area contributed by atoms with Crippen molar-refractivity contribution in [3.8, 4) is 0 Å². The van der Waals surface area contributed by atoms with Crippen molar-refractivity contribution in [3.05, 3.63) is 0 Å². The first-order valence-corrected chi connectivity index (χ1v) is 7.84. The molecule has 0 heterocycles. The SMILES string of the molecule is CC(O)CC(C)(C)OC(=O)CCCCCCCCC(=O)O. The van der Waals surface area contributed by atoms with E-state index in [1.165, 1.54) is 0 Å². The predicted molar refractivity (Wildman–Crippen MR) is 81.0 cm³/mol. The number of hydrogen-bond donors (Lipinski definition) is 2. The zero-order valence-corrected chi connectivity index (χ0v) is 13.6. The van der Waals surface area contributed by atoms with Crippen molar-refractivity contribution in [2.75, 3.05) is 0 Å². The van der Waals surface area contributed by atoms with E-state index < -0.39 is 17.7 Å². The van der Waals surface area contributed by atoms with Crippen LogP contribution in [0.5, 0.6) is 0 Å². The summed E-state index contributed by atoms with van der Waals surface area (Å²) in [4.78, 5) is 22.0. The van der Waals surface area contributed by atoms with E-state index in [1.807, 2.05) is 0 Å². The second-order valence-electron chi connectivity index (χ2n) is 6.30. The Labute approximate surface area is 127 Å². The van der Waals surface area contributed by atoms with Crippen molar-refractivity contribution in [3.63, 3.8) is 0 Å². The number of ether oxygens (including phenoxy) is 1. The zero-order chi connectivity index (χ0) is 16.3. The van der Waals surface area contributed by atoms with Gasteiger partial charge in [-0.15, -0.1) is 0 Å². The molecular weight excluding hydrogens is 272 g/mol. The molecule has 0 aliphatic rings. The summed E-state index contributed by atoms with van der Waals surface area (Å²) in [6, 6.07) is 0. The van der Waals surface area contributed by atoms with E-state index in [0.29, 0.717) is 12.8 Å². The van der Waals surface area contributed by atoms with Gasteiger partial charge in [-0.3, -0.25) is 9.59 Å². The Kier molecular flexibility index (Phi) is 10.0. The number of unbranched alkanes of at least 4 members (excludes halogenated alkanes) is 5. The molecule has 0 spiro atoms. The fraction of sp³-hybridized carbons (Fsp3) is 0.875. The first-order chi connectivity index (χ1) is 9.73. The number of carbonyl (C=O) groups excluding carboxylic acids is 1. The Morgan fingerprint density at radius 3 is 1.95 bits per heavy atom. The van der Waals surface area contributed by atoms with Crippen LogP contribution < -0.4 is 0 Å². The van der Waals surface area contributed by atoms with Gasteiger partial charge < -0.3 is 14.9 Å². The summed E-state index contributed by atoms with van der Waals surface area (Å²) in [5.41, 5.74) is -0.623. The molecule has 0 aromatic carbocycles. The fourth-order valence-electron chi connectivity index (χ4n) is 2.36. The van der Waals surface area contributed by atoms with Gasteiger partial charge in [0.2, 0.25) is 0 Å². The van der Waals surface area contributed by atoms with Gasteiger partial charge in [-0.2, -0.15) is 0 Å². The molecule has 0 aliphatic heterocycles. The number of carbonyl (C=O) groups is 2. The summed E-state index contributed by atoms with van der Waals surface area (Å²) < 4.78 is 5.36. The number of esters is 1. The monoisotopic (exact) mass is 302 g/mol. The number of aliphatic hydroxyl groups is 1. The van der Waals surface area contributed by atoms with E-state index in [4.69, 9.17) is 9.84 Å². The predicted octanol–water partition coefficient (Wildman–Crippen LogP) is 3.28. The average Bonchev–Trinajstić information content (AvgIpc) is 2.29. The highest BCUT2D eigenvalue weighted by molar-refractivity contribution is 5.69. The summed E-state index contributed by atoms with van der Waals surface area (Å²) in [6.45, 7) is 5.29. The van der Waals surface area contributed by atoms with Crippen LogP contribution in [-0.2, 0) is 14.3 Å². The lowest BCUT2D eigenvalue weighted by molar-refractivity contribution is -0.158. The normalized spacial score (nSPS) is 13.0. The summed E-state index contributed by atoms with van der Waals surface area (Å²) in [7, 11) is 0. The minimum absolute atomic E-state index is 0.216. The quantitative estimate of drug-likeness (QED) is 0.427. The molecule has 2 N–H and O–H groups in total. The number of aliphatic hydroxyl groups excluding tert-OH is 1. The van der Waals surface area contributed by atoms with E-state index in [-0.39, 0.29) is 12.4 Å². The van der Waals surface area contributed by atoms with Crippen LogP contribution in [-0.4, -0.2) is 33.9 Å². The Hall–Kier alpha value is -1.10. The molecule has 0 saturated carbocycles. The van der Waals surface area contributed by atoms with Gasteiger partial charge in [0.05, 0.1) is 6.10 Å². The van der Waals surface area contributed by atoms with Crippen LogP contribution in [0.2, 0.25) is 0 Å². The lowest BCUT2D eigenvalue weighted by Gasteiger charge is -2.26. The molecule has 5 nitrogen and oxygen atoms in total. The first kappa shape index (κ1) is 19.9. The van der Waals surface area contributed by atoms with Crippen LogP contribution in [0.4, 0.5) is 0 Å². The largest absolute Gasteiger partial charge is 0.481 e. The summed E-state index contributed by atoms with van der Waals surface area (Å²) in [5.74, 6) is -0.955. The lowest BCUT2D eigenvalue weighted by atomic mass is 10.0. The molecule has 0 aromatic heterocycles. The third-order valence-electron chi connectivity index (χ3n) is 3.20. The van der Waals surface area contributed by atoms with E-state index in [0.717, 1.165) is 38.5 Å². The highest BCUT2D eigenvalue weighted by Gasteiger charge is 2.24. The number of aliphatic carboxylic acids is 1. The molecule has 0 bridgehead atoms. The summed E-state index contributed by atoms with van der Waals surface area (Å²) >= 11 is 0. The van der Waals surface area contributed by atoms with Gasteiger partial charge in [-0.25, -0.2) is 0 Å².